The van der Waals surface area contributed by atoms with E-state index in [4.69, 9.17) is 5.14 Å². The van der Waals surface area contributed by atoms with Crippen molar-refractivity contribution in [2.75, 3.05) is 0 Å². The Morgan fingerprint density at radius 2 is 2.00 bits per heavy atom. The minimum atomic E-state index is -3.76. The molecular formula is C11H13N3O2S. The zero-order valence-corrected chi connectivity index (χ0v) is 10.2. The molecule has 0 saturated heterocycles. The highest BCUT2D eigenvalue weighted by Gasteiger charge is 2.16. The van der Waals surface area contributed by atoms with E-state index in [-0.39, 0.29) is 5.03 Å². The fourth-order valence-corrected chi connectivity index (χ4v) is 2.34. The van der Waals surface area contributed by atoms with E-state index in [0.717, 1.165) is 17.7 Å². The summed E-state index contributed by atoms with van der Waals surface area (Å²) in [5, 5.41) is 9.16. The Hall–Kier alpha value is -1.66. The van der Waals surface area contributed by atoms with Crippen LogP contribution in [0.4, 0.5) is 0 Å². The summed E-state index contributed by atoms with van der Waals surface area (Å²) in [6.45, 7) is 2.00. The first kappa shape index (κ1) is 11.8. The first-order valence-corrected chi connectivity index (χ1v) is 6.73. The van der Waals surface area contributed by atoms with E-state index in [1.54, 1.807) is 0 Å². The standard InChI is InChI=1S/C11H13N3O2S/c1-2-9-5-3-4-6-10(9)14-11(7-8-13-14)17(12,15)16/h3-8H,2H2,1H3,(H2,12,15,16). The Morgan fingerprint density at radius 1 is 1.29 bits per heavy atom. The van der Waals surface area contributed by atoms with Gasteiger partial charge in [0.2, 0.25) is 0 Å². The molecule has 0 amide bonds. The molecule has 0 saturated carbocycles. The summed E-state index contributed by atoms with van der Waals surface area (Å²) in [7, 11) is -3.76. The van der Waals surface area contributed by atoms with E-state index in [9.17, 15) is 8.42 Å². The Labute approximate surface area is 99.9 Å². The molecule has 0 aliphatic carbocycles. The van der Waals surface area contributed by atoms with E-state index >= 15 is 0 Å². The van der Waals surface area contributed by atoms with Gasteiger partial charge in [-0.2, -0.15) is 5.10 Å². The van der Waals surface area contributed by atoms with Crippen LogP contribution in [0, 0.1) is 0 Å². The number of nitrogens with zero attached hydrogens (tertiary/aromatic N) is 2. The maximum atomic E-state index is 11.4. The SMILES string of the molecule is CCc1ccccc1-n1nccc1S(N)(=O)=O. The van der Waals surface area contributed by atoms with Crippen molar-refractivity contribution in [3.8, 4) is 5.69 Å². The van der Waals surface area contributed by atoms with Crippen LogP contribution in [0.15, 0.2) is 41.6 Å². The number of hydrogen-bond donors (Lipinski definition) is 1. The highest BCUT2D eigenvalue weighted by molar-refractivity contribution is 7.89. The van der Waals surface area contributed by atoms with Crippen LogP contribution in [0.1, 0.15) is 12.5 Å². The molecule has 0 bridgehead atoms. The maximum Gasteiger partial charge on any atom is 0.255 e. The normalized spacial score (nSPS) is 11.6. The van der Waals surface area contributed by atoms with Crippen LogP contribution < -0.4 is 5.14 Å². The Balaban J connectivity index is 2.66. The lowest BCUT2D eigenvalue weighted by molar-refractivity contribution is 0.587. The van der Waals surface area contributed by atoms with Crippen LogP contribution in [0.2, 0.25) is 0 Å². The molecule has 0 spiro atoms. The average Bonchev–Trinajstić information content (AvgIpc) is 2.77. The summed E-state index contributed by atoms with van der Waals surface area (Å²) in [5.74, 6) is 0. The van der Waals surface area contributed by atoms with E-state index < -0.39 is 10.0 Å². The lowest BCUT2D eigenvalue weighted by Crippen LogP contribution is -2.17. The fraction of sp³-hybridized carbons (Fsp3) is 0.182. The van der Waals surface area contributed by atoms with Crippen molar-refractivity contribution >= 4 is 10.0 Å². The van der Waals surface area contributed by atoms with Gasteiger partial charge in [0.1, 0.15) is 0 Å². The van der Waals surface area contributed by atoms with E-state index in [1.807, 2.05) is 31.2 Å². The molecule has 1 aromatic carbocycles. The van der Waals surface area contributed by atoms with E-state index in [1.165, 1.54) is 16.9 Å². The third kappa shape index (κ3) is 2.22. The van der Waals surface area contributed by atoms with Gasteiger partial charge in [-0.15, -0.1) is 0 Å². The fourth-order valence-electron chi connectivity index (χ4n) is 1.70. The number of rotatable bonds is 3. The van der Waals surface area contributed by atoms with Crippen molar-refractivity contribution in [1.29, 1.82) is 0 Å². The van der Waals surface area contributed by atoms with Gasteiger partial charge in [-0.25, -0.2) is 18.2 Å². The molecule has 1 heterocycles. The first-order chi connectivity index (χ1) is 8.04. The van der Waals surface area contributed by atoms with Gasteiger partial charge in [0, 0.05) is 0 Å². The second-order valence-corrected chi connectivity index (χ2v) is 5.12. The molecule has 0 unspecified atom stereocenters. The molecule has 5 nitrogen and oxygen atoms in total. The molecule has 17 heavy (non-hydrogen) atoms. The lowest BCUT2D eigenvalue weighted by Gasteiger charge is -2.09. The summed E-state index contributed by atoms with van der Waals surface area (Å²) in [6.07, 6.45) is 2.21. The zero-order valence-electron chi connectivity index (χ0n) is 9.37. The molecule has 2 rings (SSSR count). The largest absolute Gasteiger partial charge is 0.255 e. The Morgan fingerprint density at radius 3 is 2.65 bits per heavy atom. The number of aryl methyl sites for hydroxylation is 1. The van der Waals surface area contributed by atoms with Crippen molar-refractivity contribution in [1.82, 2.24) is 9.78 Å². The van der Waals surface area contributed by atoms with Gasteiger partial charge in [-0.3, -0.25) is 0 Å². The second-order valence-electron chi connectivity index (χ2n) is 3.61. The summed E-state index contributed by atoms with van der Waals surface area (Å²) >= 11 is 0. The minimum absolute atomic E-state index is 0.00148. The smallest absolute Gasteiger partial charge is 0.223 e. The van der Waals surface area contributed by atoms with E-state index in [0.29, 0.717) is 0 Å². The summed E-state index contributed by atoms with van der Waals surface area (Å²) < 4.78 is 24.2. The zero-order chi connectivity index (χ0) is 12.5. The minimum Gasteiger partial charge on any atom is -0.223 e. The number of para-hydroxylation sites is 1. The predicted octanol–water partition coefficient (Wildman–Crippen LogP) is 1.08. The van der Waals surface area contributed by atoms with Crippen LogP contribution in [0.5, 0.6) is 0 Å². The number of aromatic nitrogens is 2. The highest BCUT2D eigenvalue weighted by atomic mass is 32.2. The van der Waals surface area contributed by atoms with Gasteiger partial charge in [-0.1, -0.05) is 25.1 Å². The van der Waals surface area contributed by atoms with Crippen LogP contribution in [0.3, 0.4) is 0 Å². The van der Waals surface area contributed by atoms with Gasteiger partial charge < -0.3 is 0 Å². The monoisotopic (exact) mass is 251 g/mol. The molecule has 0 fully saturated rings. The second kappa shape index (κ2) is 4.31. The van der Waals surface area contributed by atoms with E-state index in [2.05, 4.69) is 5.10 Å². The van der Waals surface area contributed by atoms with Crippen molar-refractivity contribution in [3.05, 3.63) is 42.1 Å². The maximum absolute atomic E-state index is 11.4. The third-order valence-electron chi connectivity index (χ3n) is 2.50. The van der Waals surface area contributed by atoms with Gasteiger partial charge >= 0.3 is 0 Å². The third-order valence-corrected chi connectivity index (χ3v) is 3.39. The quantitative estimate of drug-likeness (QED) is 0.886. The predicted molar refractivity (Wildman–Crippen MR) is 64.3 cm³/mol. The van der Waals surface area contributed by atoms with Gasteiger partial charge in [0.05, 0.1) is 11.9 Å². The number of primary sulfonamides is 1. The molecule has 0 aliphatic rings. The molecule has 0 radical (unpaired) electrons. The van der Waals surface area contributed by atoms with Crippen LogP contribution in [0.25, 0.3) is 5.69 Å². The molecule has 0 atom stereocenters. The Kier molecular flexibility index (Phi) is 2.99. The summed E-state index contributed by atoms with van der Waals surface area (Å²) in [6, 6.07) is 8.89. The molecule has 90 valence electrons. The lowest BCUT2D eigenvalue weighted by atomic mass is 10.1. The molecule has 0 aliphatic heterocycles. The topological polar surface area (TPSA) is 78.0 Å². The van der Waals surface area contributed by atoms with Gasteiger partial charge in [0.25, 0.3) is 10.0 Å². The summed E-state index contributed by atoms with van der Waals surface area (Å²) in [5.41, 5.74) is 1.75. The van der Waals surface area contributed by atoms with Crippen LogP contribution >= 0.6 is 0 Å². The molecule has 2 aromatic rings. The van der Waals surface area contributed by atoms with Gasteiger partial charge in [0.15, 0.2) is 5.03 Å². The number of benzene rings is 1. The molecular weight excluding hydrogens is 238 g/mol. The Bertz CT molecular complexity index is 632. The number of sulfonamides is 1. The van der Waals surface area contributed by atoms with Crippen LogP contribution in [-0.4, -0.2) is 18.2 Å². The van der Waals surface area contributed by atoms with Crippen molar-refractivity contribution in [2.24, 2.45) is 5.14 Å². The summed E-state index contributed by atoms with van der Waals surface area (Å²) in [4.78, 5) is 0. The van der Waals surface area contributed by atoms with Crippen molar-refractivity contribution in [3.63, 3.8) is 0 Å². The van der Waals surface area contributed by atoms with Crippen molar-refractivity contribution < 1.29 is 8.42 Å². The number of nitrogens with two attached hydrogens (primary N) is 1. The average molecular weight is 251 g/mol. The van der Waals surface area contributed by atoms with Gasteiger partial charge in [-0.05, 0) is 24.1 Å². The van der Waals surface area contributed by atoms with Crippen molar-refractivity contribution in [2.45, 2.75) is 18.4 Å². The highest BCUT2D eigenvalue weighted by Crippen LogP contribution is 2.18. The first-order valence-electron chi connectivity index (χ1n) is 5.19. The van der Waals surface area contributed by atoms with Crippen LogP contribution in [-0.2, 0) is 16.4 Å². The molecule has 2 N–H and O–H groups in total. The number of hydrogen-bond acceptors (Lipinski definition) is 3. The molecule has 1 aromatic heterocycles. The molecule has 6 heteroatoms.